The summed E-state index contributed by atoms with van der Waals surface area (Å²) in [6, 6.07) is 0. The van der Waals surface area contributed by atoms with E-state index >= 15 is 0 Å². The van der Waals surface area contributed by atoms with E-state index in [4.69, 9.17) is 9.84 Å². The Hall–Kier alpha value is -0.810. The number of aliphatic imine (C=N–C) groups is 1. The average Bonchev–Trinajstić information content (AvgIpc) is 3.23. The predicted molar refractivity (Wildman–Crippen MR) is 78.4 cm³/mol. The number of nitrogens with zero attached hydrogens (tertiary/aromatic N) is 1. The Labute approximate surface area is 116 Å². The van der Waals surface area contributed by atoms with Gasteiger partial charge >= 0.3 is 0 Å². The van der Waals surface area contributed by atoms with Gasteiger partial charge in [0.1, 0.15) is 0 Å². The van der Waals surface area contributed by atoms with Crippen LogP contribution in [0.15, 0.2) is 4.99 Å². The molecular weight excluding hydrogens is 242 g/mol. The van der Waals surface area contributed by atoms with Gasteiger partial charge in [-0.25, -0.2) is 0 Å². The molecule has 1 saturated carbocycles. The highest BCUT2D eigenvalue weighted by atomic mass is 16.5. The Morgan fingerprint density at radius 3 is 2.84 bits per heavy atom. The Morgan fingerprint density at radius 2 is 2.21 bits per heavy atom. The number of ether oxygens (including phenoxy) is 1. The highest BCUT2D eigenvalue weighted by Crippen LogP contribution is 2.28. The number of nitrogens with one attached hydrogen (secondary N) is 2. The maximum Gasteiger partial charge on any atom is 0.191 e. The highest BCUT2D eigenvalue weighted by molar-refractivity contribution is 5.79. The van der Waals surface area contributed by atoms with E-state index in [1.807, 2.05) is 13.8 Å². The van der Waals surface area contributed by atoms with E-state index in [0.29, 0.717) is 6.54 Å². The lowest BCUT2D eigenvalue weighted by Gasteiger charge is -2.12. The minimum absolute atomic E-state index is 0.178. The zero-order valence-corrected chi connectivity index (χ0v) is 12.3. The van der Waals surface area contributed by atoms with Crippen molar-refractivity contribution < 1.29 is 9.84 Å². The molecule has 1 aliphatic carbocycles. The number of aliphatic hydroxyl groups is 1. The fourth-order valence-electron chi connectivity index (χ4n) is 1.56. The molecule has 0 spiro atoms. The van der Waals surface area contributed by atoms with Crippen LogP contribution in [0.25, 0.3) is 0 Å². The molecule has 5 heteroatoms. The van der Waals surface area contributed by atoms with E-state index in [2.05, 4.69) is 15.6 Å². The Morgan fingerprint density at radius 1 is 1.42 bits per heavy atom. The summed E-state index contributed by atoms with van der Waals surface area (Å²) < 4.78 is 5.58. The number of hydrogen-bond donors (Lipinski definition) is 3. The Kier molecular flexibility index (Phi) is 8.58. The molecule has 1 rings (SSSR count). The van der Waals surface area contributed by atoms with Crippen LogP contribution in [-0.4, -0.2) is 50.5 Å². The second kappa shape index (κ2) is 10.0. The number of aliphatic hydroxyl groups excluding tert-OH is 1. The summed E-state index contributed by atoms with van der Waals surface area (Å²) in [4.78, 5) is 4.43. The summed E-state index contributed by atoms with van der Waals surface area (Å²) in [6.45, 7) is 8.31. The topological polar surface area (TPSA) is 65.9 Å². The second-order valence-corrected chi connectivity index (χ2v) is 5.31. The quantitative estimate of drug-likeness (QED) is 0.315. The zero-order valence-electron chi connectivity index (χ0n) is 12.3. The van der Waals surface area contributed by atoms with E-state index in [0.717, 1.165) is 44.6 Å². The number of guanidine groups is 1. The lowest BCUT2D eigenvalue weighted by atomic mass is 10.2. The first-order chi connectivity index (χ1) is 9.26. The van der Waals surface area contributed by atoms with Crippen molar-refractivity contribution in [1.29, 1.82) is 0 Å². The van der Waals surface area contributed by atoms with Gasteiger partial charge in [0, 0.05) is 39.5 Å². The van der Waals surface area contributed by atoms with Gasteiger partial charge in [-0.15, -0.1) is 0 Å². The normalized spacial score (nSPS) is 17.3. The number of hydrogen-bond acceptors (Lipinski definition) is 3. The summed E-state index contributed by atoms with van der Waals surface area (Å²) in [5.41, 5.74) is 0. The minimum Gasteiger partial charge on any atom is -0.396 e. The monoisotopic (exact) mass is 271 g/mol. The molecule has 112 valence electrons. The molecule has 0 amide bonds. The molecule has 3 N–H and O–H groups in total. The molecule has 0 aromatic carbocycles. The summed E-state index contributed by atoms with van der Waals surface area (Å²) >= 11 is 0. The van der Waals surface area contributed by atoms with Crippen LogP contribution in [0.3, 0.4) is 0 Å². The van der Waals surface area contributed by atoms with Gasteiger partial charge in [0.2, 0.25) is 0 Å². The molecule has 1 atom stereocenters. The summed E-state index contributed by atoms with van der Waals surface area (Å²) in [5, 5.41) is 15.5. The molecule has 1 fully saturated rings. The first-order valence-corrected chi connectivity index (χ1v) is 7.47. The van der Waals surface area contributed by atoms with Crippen molar-refractivity contribution in [2.75, 3.05) is 39.5 Å². The van der Waals surface area contributed by atoms with E-state index in [-0.39, 0.29) is 12.5 Å². The van der Waals surface area contributed by atoms with Crippen LogP contribution in [-0.2, 0) is 4.74 Å². The summed E-state index contributed by atoms with van der Waals surface area (Å²) in [6.07, 6.45) is 3.68. The van der Waals surface area contributed by atoms with Crippen LogP contribution in [0.1, 0.15) is 33.1 Å². The molecule has 0 heterocycles. The molecular formula is C14H29N3O2. The van der Waals surface area contributed by atoms with Crippen molar-refractivity contribution >= 4 is 5.96 Å². The van der Waals surface area contributed by atoms with Crippen LogP contribution in [0.2, 0.25) is 0 Å². The second-order valence-electron chi connectivity index (χ2n) is 5.31. The van der Waals surface area contributed by atoms with Gasteiger partial charge in [0.15, 0.2) is 5.96 Å². The molecule has 0 radical (unpaired) electrons. The molecule has 0 aromatic rings. The first-order valence-electron chi connectivity index (χ1n) is 7.47. The van der Waals surface area contributed by atoms with E-state index in [9.17, 15) is 0 Å². The van der Waals surface area contributed by atoms with Gasteiger partial charge in [0.05, 0.1) is 0 Å². The SMILES string of the molecule is CCNC(=NCC(C)CO)NCCCOCC1CC1. The van der Waals surface area contributed by atoms with Gasteiger partial charge in [-0.1, -0.05) is 6.92 Å². The zero-order chi connectivity index (χ0) is 13.9. The lowest BCUT2D eigenvalue weighted by Crippen LogP contribution is -2.38. The van der Waals surface area contributed by atoms with E-state index in [1.54, 1.807) is 0 Å². The third-order valence-corrected chi connectivity index (χ3v) is 3.03. The van der Waals surface area contributed by atoms with Crippen molar-refractivity contribution in [1.82, 2.24) is 10.6 Å². The Balaban J connectivity index is 2.05. The highest BCUT2D eigenvalue weighted by Gasteiger charge is 2.20. The van der Waals surface area contributed by atoms with Crippen molar-refractivity contribution in [3.8, 4) is 0 Å². The van der Waals surface area contributed by atoms with Gasteiger partial charge in [0.25, 0.3) is 0 Å². The maximum absolute atomic E-state index is 8.97. The van der Waals surface area contributed by atoms with E-state index in [1.165, 1.54) is 12.8 Å². The summed E-state index contributed by atoms with van der Waals surface area (Å²) in [7, 11) is 0. The molecule has 0 saturated heterocycles. The molecule has 19 heavy (non-hydrogen) atoms. The lowest BCUT2D eigenvalue weighted by molar-refractivity contribution is 0.123. The third kappa shape index (κ3) is 8.83. The molecule has 1 unspecified atom stereocenters. The van der Waals surface area contributed by atoms with Gasteiger partial charge in [-0.3, -0.25) is 4.99 Å². The fraction of sp³-hybridized carbons (Fsp3) is 0.929. The third-order valence-electron chi connectivity index (χ3n) is 3.03. The van der Waals surface area contributed by atoms with Crippen LogP contribution in [0.4, 0.5) is 0 Å². The molecule has 0 aromatic heterocycles. The average molecular weight is 271 g/mol. The maximum atomic E-state index is 8.97. The molecule has 0 aliphatic heterocycles. The smallest absolute Gasteiger partial charge is 0.191 e. The molecule has 5 nitrogen and oxygen atoms in total. The van der Waals surface area contributed by atoms with Gasteiger partial charge in [-0.2, -0.15) is 0 Å². The van der Waals surface area contributed by atoms with Gasteiger partial charge in [-0.05, 0) is 38.0 Å². The van der Waals surface area contributed by atoms with Crippen molar-refractivity contribution in [2.45, 2.75) is 33.1 Å². The largest absolute Gasteiger partial charge is 0.396 e. The van der Waals surface area contributed by atoms with Crippen LogP contribution >= 0.6 is 0 Å². The van der Waals surface area contributed by atoms with E-state index < -0.39 is 0 Å². The predicted octanol–water partition coefficient (Wildman–Crippen LogP) is 0.987. The van der Waals surface area contributed by atoms with Crippen LogP contribution in [0.5, 0.6) is 0 Å². The standard InChI is InChI=1S/C14H29N3O2/c1-3-15-14(17-9-12(2)10-18)16-7-4-8-19-11-13-5-6-13/h12-13,18H,3-11H2,1-2H3,(H2,15,16,17). The van der Waals surface area contributed by atoms with Crippen LogP contribution < -0.4 is 10.6 Å². The Bertz CT molecular complexity index is 255. The van der Waals surface area contributed by atoms with Crippen molar-refractivity contribution in [3.05, 3.63) is 0 Å². The molecule has 0 bridgehead atoms. The summed E-state index contributed by atoms with van der Waals surface area (Å²) in [5.74, 6) is 1.87. The molecule has 1 aliphatic rings. The minimum atomic E-state index is 0.178. The van der Waals surface area contributed by atoms with Crippen molar-refractivity contribution in [2.24, 2.45) is 16.8 Å². The fourth-order valence-corrected chi connectivity index (χ4v) is 1.56. The number of rotatable bonds is 10. The first kappa shape index (κ1) is 16.2. The van der Waals surface area contributed by atoms with Crippen LogP contribution in [0, 0.1) is 11.8 Å². The van der Waals surface area contributed by atoms with Gasteiger partial charge < -0.3 is 20.5 Å². The van der Waals surface area contributed by atoms with Crippen molar-refractivity contribution in [3.63, 3.8) is 0 Å².